The van der Waals surface area contributed by atoms with Crippen molar-refractivity contribution in [1.29, 1.82) is 0 Å². The van der Waals surface area contributed by atoms with Gasteiger partial charge in [0.15, 0.2) is 17.2 Å². The van der Waals surface area contributed by atoms with Gasteiger partial charge in [-0.25, -0.2) is 23.6 Å². The van der Waals surface area contributed by atoms with Crippen LogP contribution in [0.1, 0.15) is 21.7 Å². The Morgan fingerprint density at radius 3 is 2.81 bits per heavy atom. The molecule has 0 unspecified atom stereocenters. The minimum Gasteiger partial charge on any atom is -0.347 e. The number of aromatic nitrogens is 6. The molecule has 0 spiro atoms. The van der Waals surface area contributed by atoms with Crippen molar-refractivity contribution < 1.29 is 9.18 Å². The van der Waals surface area contributed by atoms with Gasteiger partial charge in [0.05, 0.1) is 5.69 Å². The third-order valence-electron chi connectivity index (χ3n) is 4.94. The van der Waals surface area contributed by atoms with Crippen LogP contribution >= 0.6 is 0 Å². The summed E-state index contributed by atoms with van der Waals surface area (Å²) < 4.78 is 16.7. The Labute approximate surface area is 182 Å². The van der Waals surface area contributed by atoms with Crippen LogP contribution in [0.5, 0.6) is 0 Å². The van der Waals surface area contributed by atoms with Crippen LogP contribution in [-0.4, -0.2) is 35.3 Å². The van der Waals surface area contributed by atoms with Crippen molar-refractivity contribution >= 4 is 11.6 Å². The molecular weight excluding hydrogens is 409 g/mol. The zero-order valence-corrected chi connectivity index (χ0v) is 17.1. The maximum Gasteiger partial charge on any atom is 0.272 e. The van der Waals surface area contributed by atoms with Gasteiger partial charge in [-0.15, -0.1) is 0 Å². The molecule has 5 aromatic rings. The van der Waals surface area contributed by atoms with E-state index in [2.05, 4.69) is 25.5 Å². The fourth-order valence-corrected chi connectivity index (χ4v) is 3.41. The molecule has 0 bridgehead atoms. The highest BCUT2D eigenvalue weighted by Crippen LogP contribution is 2.24. The van der Waals surface area contributed by atoms with Crippen molar-refractivity contribution in [3.05, 3.63) is 96.0 Å². The van der Waals surface area contributed by atoms with Crippen LogP contribution in [-0.2, 0) is 6.54 Å². The number of fused-ring (bicyclic) bond motifs is 1. The number of halogens is 1. The van der Waals surface area contributed by atoms with Crippen LogP contribution in [0.3, 0.4) is 0 Å². The molecule has 0 aliphatic rings. The van der Waals surface area contributed by atoms with Crippen LogP contribution in [0.2, 0.25) is 0 Å². The first-order chi connectivity index (χ1) is 15.6. The van der Waals surface area contributed by atoms with E-state index in [4.69, 9.17) is 0 Å². The predicted octanol–water partition coefficient (Wildman–Crippen LogP) is 3.35. The minimum absolute atomic E-state index is 0.187. The average Bonchev–Trinajstić information content (AvgIpc) is 3.44. The fraction of sp³-hybridized carbons (Fsp3) is 0.0870. The van der Waals surface area contributed by atoms with Crippen molar-refractivity contribution in [2.45, 2.75) is 13.5 Å². The van der Waals surface area contributed by atoms with Crippen LogP contribution in [0.4, 0.5) is 4.39 Å². The van der Waals surface area contributed by atoms with Crippen LogP contribution in [0, 0.1) is 12.7 Å². The predicted molar refractivity (Wildman–Crippen MR) is 116 cm³/mol. The van der Waals surface area contributed by atoms with Gasteiger partial charge in [-0.3, -0.25) is 4.79 Å². The summed E-state index contributed by atoms with van der Waals surface area (Å²) >= 11 is 0. The van der Waals surface area contributed by atoms with Crippen LogP contribution < -0.4 is 5.32 Å². The van der Waals surface area contributed by atoms with Crippen molar-refractivity contribution in [3.8, 4) is 17.1 Å². The van der Waals surface area contributed by atoms with E-state index in [0.717, 1.165) is 11.3 Å². The average molecular weight is 427 g/mol. The molecule has 158 valence electrons. The smallest absolute Gasteiger partial charge is 0.272 e. The van der Waals surface area contributed by atoms with Gasteiger partial charge in [-0.2, -0.15) is 10.2 Å². The Morgan fingerprint density at radius 1 is 1.09 bits per heavy atom. The second-order valence-electron chi connectivity index (χ2n) is 7.26. The van der Waals surface area contributed by atoms with Gasteiger partial charge in [0.25, 0.3) is 5.91 Å². The molecular formula is C23H18FN7O. The fourth-order valence-electron chi connectivity index (χ4n) is 3.41. The highest BCUT2D eigenvalue weighted by molar-refractivity contribution is 5.93. The molecule has 4 aromatic heterocycles. The molecule has 1 amide bonds. The van der Waals surface area contributed by atoms with Gasteiger partial charge in [0.1, 0.15) is 12.1 Å². The molecule has 1 aromatic carbocycles. The lowest BCUT2D eigenvalue weighted by Crippen LogP contribution is -2.23. The van der Waals surface area contributed by atoms with E-state index < -0.39 is 0 Å². The Kier molecular flexibility index (Phi) is 4.91. The standard InChI is InChI=1S/C23H18FN7O/c1-15-4-2-7-22(28-15)31-20(17-8-9-21-26-14-27-30(21)13-17)11-19(29-31)23(32)25-12-16-5-3-6-18(24)10-16/h2-11,13-14H,12H2,1H3,(H,25,32). The number of rotatable bonds is 5. The molecule has 0 saturated carbocycles. The van der Waals surface area contributed by atoms with Gasteiger partial charge in [-0.1, -0.05) is 18.2 Å². The number of carbonyl (C=O) groups excluding carboxylic acids is 1. The number of aryl methyl sites for hydroxylation is 1. The highest BCUT2D eigenvalue weighted by Gasteiger charge is 2.18. The monoisotopic (exact) mass is 427 g/mol. The number of nitrogens with zero attached hydrogens (tertiary/aromatic N) is 6. The molecule has 4 heterocycles. The van der Waals surface area contributed by atoms with E-state index in [1.807, 2.05) is 43.5 Å². The SMILES string of the molecule is Cc1cccc(-n2nc(C(=O)NCc3cccc(F)c3)cc2-c2ccc3ncnn3c2)n1. The first-order valence-corrected chi connectivity index (χ1v) is 9.93. The number of hydrogen-bond donors (Lipinski definition) is 1. The number of pyridine rings is 2. The molecule has 0 radical (unpaired) electrons. The molecule has 5 rings (SSSR count). The second-order valence-corrected chi connectivity index (χ2v) is 7.26. The molecule has 0 saturated heterocycles. The van der Waals surface area contributed by atoms with Crippen LogP contribution in [0.15, 0.2) is 73.2 Å². The zero-order valence-electron chi connectivity index (χ0n) is 17.1. The summed E-state index contributed by atoms with van der Waals surface area (Å²) in [5.41, 5.74) is 3.89. The maximum absolute atomic E-state index is 13.4. The number of carbonyl (C=O) groups is 1. The molecule has 32 heavy (non-hydrogen) atoms. The van der Waals surface area contributed by atoms with Crippen molar-refractivity contribution in [2.75, 3.05) is 0 Å². The number of hydrogen-bond acceptors (Lipinski definition) is 5. The highest BCUT2D eigenvalue weighted by atomic mass is 19.1. The quantitative estimate of drug-likeness (QED) is 0.465. The first-order valence-electron chi connectivity index (χ1n) is 9.93. The number of nitrogens with one attached hydrogen (secondary N) is 1. The molecule has 0 atom stereocenters. The van der Waals surface area contributed by atoms with E-state index in [-0.39, 0.29) is 24.0 Å². The van der Waals surface area contributed by atoms with E-state index in [1.165, 1.54) is 18.5 Å². The summed E-state index contributed by atoms with van der Waals surface area (Å²) in [5.74, 6) is -0.135. The summed E-state index contributed by atoms with van der Waals surface area (Å²) in [6.45, 7) is 2.08. The largest absolute Gasteiger partial charge is 0.347 e. The third-order valence-corrected chi connectivity index (χ3v) is 4.94. The molecule has 8 nitrogen and oxygen atoms in total. The van der Waals surface area contributed by atoms with Gasteiger partial charge in [0, 0.05) is 24.0 Å². The Bertz CT molecular complexity index is 1440. The lowest BCUT2D eigenvalue weighted by atomic mass is 10.2. The summed E-state index contributed by atoms with van der Waals surface area (Å²) in [4.78, 5) is 21.6. The van der Waals surface area contributed by atoms with E-state index in [9.17, 15) is 9.18 Å². The van der Waals surface area contributed by atoms with E-state index in [0.29, 0.717) is 22.7 Å². The van der Waals surface area contributed by atoms with Crippen molar-refractivity contribution in [2.24, 2.45) is 0 Å². The summed E-state index contributed by atoms with van der Waals surface area (Å²) in [5, 5.41) is 11.5. The maximum atomic E-state index is 13.4. The molecule has 0 aliphatic heterocycles. The Balaban J connectivity index is 1.52. The van der Waals surface area contributed by atoms with Gasteiger partial charge >= 0.3 is 0 Å². The molecule has 9 heteroatoms. The van der Waals surface area contributed by atoms with Gasteiger partial charge in [-0.05, 0) is 55.0 Å². The normalized spacial score (nSPS) is 11.1. The summed E-state index contributed by atoms with van der Waals surface area (Å²) in [6.07, 6.45) is 3.30. The Hall–Kier alpha value is -4.40. The Morgan fingerprint density at radius 2 is 1.97 bits per heavy atom. The molecule has 0 fully saturated rings. The lowest BCUT2D eigenvalue weighted by Gasteiger charge is -2.07. The van der Waals surface area contributed by atoms with Gasteiger partial charge < -0.3 is 5.32 Å². The second kappa shape index (κ2) is 8.03. The number of amides is 1. The third kappa shape index (κ3) is 3.83. The summed E-state index contributed by atoms with van der Waals surface area (Å²) in [7, 11) is 0. The van der Waals surface area contributed by atoms with E-state index in [1.54, 1.807) is 27.4 Å². The first kappa shape index (κ1) is 19.6. The molecule has 1 N–H and O–H groups in total. The molecule has 0 aliphatic carbocycles. The number of benzene rings is 1. The topological polar surface area (TPSA) is 90.0 Å². The van der Waals surface area contributed by atoms with Crippen LogP contribution in [0.25, 0.3) is 22.7 Å². The summed E-state index contributed by atoms with van der Waals surface area (Å²) in [6, 6.07) is 17.1. The zero-order chi connectivity index (χ0) is 22.1. The van der Waals surface area contributed by atoms with Crippen molar-refractivity contribution in [1.82, 2.24) is 34.7 Å². The van der Waals surface area contributed by atoms with Gasteiger partial charge in [0.2, 0.25) is 0 Å². The van der Waals surface area contributed by atoms with E-state index >= 15 is 0 Å². The lowest BCUT2D eigenvalue weighted by molar-refractivity contribution is 0.0945. The minimum atomic E-state index is -0.372. The van der Waals surface area contributed by atoms with Crippen molar-refractivity contribution in [3.63, 3.8) is 0 Å².